The third kappa shape index (κ3) is 4.13. The number of carbonyl (C=O) groups excluding carboxylic acids is 1. The third-order valence-corrected chi connectivity index (χ3v) is 4.08. The number of aromatic nitrogens is 1. The van der Waals surface area contributed by atoms with Crippen LogP contribution in [0.25, 0.3) is 10.6 Å². The lowest BCUT2D eigenvalue weighted by atomic mass is 10.1. The van der Waals surface area contributed by atoms with Crippen molar-refractivity contribution in [3.8, 4) is 10.6 Å². The Labute approximate surface area is 134 Å². The number of thiazole rings is 1. The van der Waals surface area contributed by atoms with Crippen LogP contribution in [-0.4, -0.2) is 42.4 Å². The molecule has 1 aromatic carbocycles. The van der Waals surface area contributed by atoms with E-state index < -0.39 is 6.10 Å². The molecule has 0 spiro atoms. The molecular formula is C16H20N2O3S. The van der Waals surface area contributed by atoms with Crippen molar-refractivity contribution in [3.05, 3.63) is 40.4 Å². The predicted molar refractivity (Wildman–Crippen MR) is 87.2 cm³/mol. The van der Waals surface area contributed by atoms with Crippen molar-refractivity contribution >= 4 is 17.2 Å². The second-order valence-electron chi connectivity index (χ2n) is 5.18. The van der Waals surface area contributed by atoms with Gasteiger partial charge in [0.1, 0.15) is 10.7 Å². The molecule has 0 bridgehead atoms. The molecule has 22 heavy (non-hydrogen) atoms. The molecule has 0 fully saturated rings. The van der Waals surface area contributed by atoms with Crippen molar-refractivity contribution in [2.24, 2.45) is 0 Å². The Morgan fingerprint density at radius 1 is 1.45 bits per heavy atom. The average molecular weight is 320 g/mol. The summed E-state index contributed by atoms with van der Waals surface area (Å²) >= 11 is 1.44. The van der Waals surface area contributed by atoms with Gasteiger partial charge in [-0.25, -0.2) is 4.98 Å². The maximum atomic E-state index is 12.0. The summed E-state index contributed by atoms with van der Waals surface area (Å²) in [6.07, 6.45) is -0.716. The third-order valence-electron chi connectivity index (χ3n) is 3.21. The van der Waals surface area contributed by atoms with E-state index in [4.69, 9.17) is 4.74 Å². The van der Waals surface area contributed by atoms with Crippen LogP contribution in [0.2, 0.25) is 0 Å². The van der Waals surface area contributed by atoms with Crippen molar-refractivity contribution in [2.45, 2.75) is 20.0 Å². The van der Waals surface area contributed by atoms with Gasteiger partial charge >= 0.3 is 0 Å². The van der Waals surface area contributed by atoms with Crippen molar-refractivity contribution < 1.29 is 14.6 Å². The lowest BCUT2D eigenvalue weighted by Gasteiger charge is -2.09. The zero-order chi connectivity index (χ0) is 16.1. The molecule has 1 heterocycles. The van der Waals surface area contributed by atoms with Gasteiger partial charge in [-0.05, 0) is 19.4 Å². The first kappa shape index (κ1) is 16.6. The van der Waals surface area contributed by atoms with Gasteiger partial charge in [-0.1, -0.05) is 23.8 Å². The van der Waals surface area contributed by atoms with E-state index in [1.807, 2.05) is 26.0 Å². The fourth-order valence-electron chi connectivity index (χ4n) is 2.11. The van der Waals surface area contributed by atoms with Gasteiger partial charge < -0.3 is 15.2 Å². The molecule has 2 N–H and O–H groups in total. The Balaban J connectivity index is 2.06. The number of hydrogen-bond acceptors (Lipinski definition) is 5. The molecule has 0 radical (unpaired) electrons. The van der Waals surface area contributed by atoms with Crippen LogP contribution in [0.3, 0.4) is 0 Å². The molecule has 2 aromatic rings. The number of benzene rings is 1. The zero-order valence-corrected chi connectivity index (χ0v) is 13.7. The highest BCUT2D eigenvalue weighted by Gasteiger charge is 2.14. The molecule has 2 rings (SSSR count). The first-order valence-electron chi connectivity index (χ1n) is 6.99. The summed E-state index contributed by atoms with van der Waals surface area (Å²) in [6, 6.07) is 6.15. The quantitative estimate of drug-likeness (QED) is 0.855. The van der Waals surface area contributed by atoms with E-state index in [9.17, 15) is 9.90 Å². The van der Waals surface area contributed by atoms with Gasteiger partial charge in [0.25, 0.3) is 5.91 Å². The molecule has 1 unspecified atom stereocenters. The summed E-state index contributed by atoms with van der Waals surface area (Å²) in [5, 5.41) is 14.7. The van der Waals surface area contributed by atoms with E-state index in [2.05, 4.69) is 16.4 Å². The minimum absolute atomic E-state index is 0.142. The van der Waals surface area contributed by atoms with Gasteiger partial charge in [0.2, 0.25) is 0 Å². The van der Waals surface area contributed by atoms with E-state index in [0.29, 0.717) is 5.69 Å². The molecular weight excluding hydrogens is 300 g/mol. The first-order chi connectivity index (χ1) is 10.5. The zero-order valence-electron chi connectivity index (χ0n) is 12.9. The van der Waals surface area contributed by atoms with Gasteiger partial charge in [-0.15, -0.1) is 11.3 Å². The van der Waals surface area contributed by atoms with E-state index in [0.717, 1.165) is 16.1 Å². The van der Waals surface area contributed by atoms with Crippen molar-refractivity contribution in [1.29, 1.82) is 0 Å². The highest BCUT2D eigenvalue weighted by atomic mass is 32.1. The lowest BCUT2D eigenvalue weighted by Crippen LogP contribution is -2.34. The number of hydrogen-bond donors (Lipinski definition) is 2. The number of nitrogens with one attached hydrogen (secondary N) is 1. The van der Waals surface area contributed by atoms with E-state index in [1.54, 1.807) is 5.38 Å². The topological polar surface area (TPSA) is 71.5 Å². The number of aliphatic hydroxyl groups excluding tert-OH is 1. The van der Waals surface area contributed by atoms with Crippen molar-refractivity contribution in [3.63, 3.8) is 0 Å². The van der Waals surface area contributed by atoms with Gasteiger partial charge in [-0.2, -0.15) is 0 Å². The van der Waals surface area contributed by atoms with Gasteiger partial charge in [0.15, 0.2) is 0 Å². The van der Waals surface area contributed by atoms with Gasteiger partial charge in [0.05, 0.1) is 12.7 Å². The molecule has 0 aliphatic carbocycles. The lowest BCUT2D eigenvalue weighted by molar-refractivity contribution is 0.0609. The molecule has 0 saturated carbocycles. The van der Waals surface area contributed by atoms with Crippen LogP contribution >= 0.6 is 11.3 Å². The van der Waals surface area contributed by atoms with Crippen LogP contribution in [0.15, 0.2) is 23.6 Å². The molecule has 5 nitrogen and oxygen atoms in total. The Bertz CT molecular complexity index is 655. The molecule has 0 aliphatic heterocycles. The largest absolute Gasteiger partial charge is 0.389 e. The van der Waals surface area contributed by atoms with Crippen LogP contribution in [-0.2, 0) is 4.74 Å². The number of ether oxygens (including phenoxy) is 1. The second kappa shape index (κ2) is 7.49. The van der Waals surface area contributed by atoms with Crippen LogP contribution in [0.1, 0.15) is 21.6 Å². The minimum atomic E-state index is -0.716. The van der Waals surface area contributed by atoms with Crippen LogP contribution in [0, 0.1) is 13.8 Å². The van der Waals surface area contributed by atoms with Crippen molar-refractivity contribution in [1.82, 2.24) is 10.3 Å². The van der Waals surface area contributed by atoms with E-state index >= 15 is 0 Å². The number of aliphatic hydroxyl groups is 1. The molecule has 1 atom stereocenters. The highest BCUT2D eigenvalue weighted by molar-refractivity contribution is 7.13. The molecule has 1 amide bonds. The second-order valence-corrected chi connectivity index (χ2v) is 6.03. The summed E-state index contributed by atoms with van der Waals surface area (Å²) in [4.78, 5) is 16.4. The van der Waals surface area contributed by atoms with Crippen LogP contribution < -0.4 is 5.32 Å². The molecule has 118 valence electrons. The van der Waals surface area contributed by atoms with Crippen molar-refractivity contribution in [2.75, 3.05) is 20.3 Å². The van der Waals surface area contributed by atoms with Crippen LogP contribution in [0.5, 0.6) is 0 Å². The van der Waals surface area contributed by atoms with E-state index in [-0.39, 0.29) is 19.1 Å². The normalized spacial score (nSPS) is 12.2. The fraction of sp³-hybridized carbons (Fsp3) is 0.375. The Morgan fingerprint density at radius 3 is 2.91 bits per heavy atom. The Kier molecular flexibility index (Phi) is 5.65. The first-order valence-corrected chi connectivity index (χ1v) is 7.87. The maximum absolute atomic E-state index is 12.0. The summed E-state index contributed by atoms with van der Waals surface area (Å²) in [5.41, 5.74) is 3.73. The number of amides is 1. The Hall–Kier alpha value is -1.76. The summed E-state index contributed by atoms with van der Waals surface area (Å²) < 4.78 is 4.81. The monoisotopic (exact) mass is 320 g/mol. The maximum Gasteiger partial charge on any atom is 0.270 e. The number of methoxy groups -OCH3 is 1. The van der Waals surface area contributed by atoms with Gasteiger partial charge in [-0.3, -0.25) is 4.79 Å². The number of carbonyl (C=O) groups is 1. The Morgan fingerprint density at radius 2 is 2.23 bits per heavy atom. The molecule has 1 aromatic heterocycles. The summed E-state index contributed by atoms with van der Waals surface area (Å²) in [7, 11) is 1.50. The minimum Gasteiger partial charge on any atom is -0.389 e. The predicted octanol–water partition coefficient (Wildman–Crippen LogP) is 2.16. The number of nitrogens with zero attached hydrogens (tertiary/aromatic N) is 1. The summed E-state index contributed by atoms with van der Waals surface area (Å²) in [6.45, 7) is 4.40. The average Bonchev–Trinajstić information content (AvgIpc) is 2.94. The van der Waals surface area contributed by atoms with E-state index in [1.165, 1.54) is 24.0 Å². The molecule has 6 heteroatoms. The smallest absolute Gasteiger partial charge is 0.270 e. The SMILES string of the molecule is COCC(O)CNC(=O)c1csc(-c2ccc(C)cc2C)n1. The van der Waals surface area contributed by atoms with Crippen LogP contribution in [0.4, 0.5) is 0 Å². The number of rotatable bonds is 6. The molecule has 0 saturated heterocycles. The summed E-state index contributed by atoms with van der Waals surface area (Å²) in [5.74, 6) is -0.289. The fourth-order valence-corrected chi connectivity index (χ4v) is 3.00. The highest BCUT2D eigenvalue weighted by Crippen LogP contribution is 2.27. The number of aryl methyl sites for hydroxylation is 2. The molecule has 0 aliphatic rings. The standard InChI is InChI=1S/C16H20N2O3S/c1-10-4-5-13(11(2)6-10)16-18-14(9-22-16)15(20)17-7-12(19)8-21-3/h4-6,9,12,19H,7-8H2,1-3H3,(H,17,20). The van der Waals surface area contributed by atoms with Gasteiger partial charge in [0, 0.05) is 24.6 Å².